The second-order valence-corrected chi connectivity index (χ2v) is 2.89. The van der Waals surface area contributed by atoms with E-state index in [4.69, 9.17) is 11.6 Å². The van der Waals surface area contributed by atoms with Crippen LogP contribution in [0.25, 0.3) is 0 Å². The van der Waals surface area contributed by atoms with Crippen molar-refractivity contribution in [2.24, 2.45) is 0 Å². The average Bonchev–Trinajstić information content (AvgIpc) is 2.01. The molecule has 0 aliphatic heterocycles. The van der Waals surface area contributed by atoms with Crippen LogP contribution in [-0.2, 0) is 0 Å². The topological polar surface area (TPSA) is 41.9 Å². The molecule has 14 heavy (non-hydrogen) atoms. The molecule has 0 radical (unpaired) electrons. The van der Waals surface area contributed by atoms with Gasteiger partial charge >= 0.3 is 6.18 Å². The van der Waals surface area contributed by atoms with Crippen LogP contribution in [0.3, 0.4) is 0 Å². The van der Waals surface area contributed by atoms with Gasteiger partial charge in [0.05, 0.1) is 6.20 Å². The number of aromatic nitrogens is 3. The third kappa shape index (κ3) is 3.33. The lowest BCUT2D eigenvalue weighted by Gasteiger charge is -2.18. The van der Waals surface area contributed by atoms with Gasteiger partial charge in [-0.1, -0.05) is 0 Å². The monoisotopic (exact) mass is 226 g/mol. The van der Waals surface area contributed by atoms with Crippen molar-refractivity contribution in [2.45, 2.75) is 6.18 Å². The van der Waals surface area contributed by atoms with Crippen molar-refractivity contribution >= 4 is 17.4 Å². The number of hydrogen-bond donors (Lipinski definition) is 0. The van der Waals surface area contributed by atoms with Gasteiger partial charge in [0.15, 0.2) is 5.82 Å². The smallest absolute Gasteiger partial charge is 0.349 e. The average molecular weight is 227 g/mol. The fourth-order valence-electron chi connectivity index (χ4n) is 0.808. The molecule has 0 aromatic carbocycles. The molecule has 0 saturated carbocycles. The molecule has 0 N–H and O–H groups in total. The minimum atomic E-state index is -4.29. The lowest BCUT2D eigenvalue weighted by atomic mass is 10.5. The van der Waals surface area contributed by atoms with Crippen molar-refractivity contribution in [3.05, 3.63) is 11.5 Å². The summed E-state index contributed by atoms with van der Waals surface area (Å²) in [6.07, 6.45) is -3.18. The second kappa shape index (κ2) is 3.95. The van der Waals surface area contributed by atoms with Gasteiger partial charge in [-0.15, -0.1) is 5.10 Å². The highest BCUT2D eigenvalue weighted by atomic mass is 35.5. The first kappa shape index (κ1) is 11.0. The third-order valence-electron chi connectivity index (χ3n) is 1.33. The van der Waals surface area contributed by atoms with E-state index in [1.807, 2.05) is 0 Å². The minimum Gasteiger partial charge on any atom is -0.349 e. The zero-order valence-corrected chi connectivity index (χ0v) is 7.84. The number of nitrogens with zero attached hydrogens (tertiary/aromatic N) is 4. The summed E-state index contributed by atoms with van der Waals surface area (Å²) in [5, 5.41) is 6.51. The van der Waals surface area contributed by atoms with E-state index in [0.717, 1.165) is 11.1 Å². The maximum atomic E-state index is 12.0. The molecule has 0 fully saturated rings. The summed E-state index contributed by atoms with van der Waals surface area (Å²) >= 11 is 5.37. The predicted molar refractivity (Wildman–Crippen MR) is 44.2 cm³/mol. The quantitative estimate of drug-likeness (QED) is 0.767. The van der Waals surface area contributed by atoms with E-state index in [1.165, 1.54) is 7.05 Å². The number of rotatable bonds is 2. The van der Waals surface area contributed by atoms with Crippen LogP contribution in [0.1, 0.15) is 0 Å². The van der Waals surface area contributed by atoms with Gasteiger partial charge in [-0.2, -0.15) is 23.3 Å². The van der Waals surface area contributed by atoms with E-state index in [-0.39, 0.29) is 11.1 Å². The highest BCUT2D eigenvalue weighted by Crippen LogP contribution is 2.18. The van der Waals surface area contributed by atoms with Crippen LogP contribution in [0.15, 0.2) is 6.20 Å². The van der Waals surface area contributed by atoms with Gasteiger partial charge < -0.3 is 4.90 Å². The summed E-state index contributed by atoms with van der Waals surface area (Å²) < 4.78 is 35.9. The Morgan fingerprint density at radius 1 is 1.50 bits per heavy atom. The summed E-state index contributed by atoms with van der Waals surface area (Å²) in [5.74, 6) is 0.0299. The molecule has 8 heteroatoms. The second-order valence-electron chi connectivity index (χ2n) is 2.55. The molecule has 1 aromatic heterocycles. The molecule has 0 aliphatic rings. The van der Waals surface area contributed by atoms with Crippen LogP contribution in [0.4, 0.5) is 19.0 Å². The Bertz CT molecular complexity index is 316. The van der Waals surface area contributed by atoms with Gasteiger partial charge in [-0.25, -0.2) is 0 Å². The van der Waals surface area contributed by atoms with E-state index in [9.17, 15) is 13.2 Å². The fourth-order valence-corrected chi connectivity index (χ4v) is 0.938. The molecule has 0 aliphatic carbocycles. The van der Waals surface area contributed by atoms with Crippen molar-refractivity contribution in [3.8, 4) is 0 Å². The van der Waals surface area contributed by atoms with Gasteiger partial charge in [-0.3, -0.25) is 0 Å². The molecule has 1 rings (SSSR count). The molecule has 0 spiro atoms. The third-order valence-corrected chi connectivity index (χ3v) is 1.49. The molecule has 0 bridgehead atoms. The van der Waals surface area contributed by atoms with Crippen molar-refractivity contribution in [1.82, 2.24) is 15.2 Å². The number of anilines is 1. The predicted octanol–water partition coefficient (Wildman–Crippen LogP) is 1.52. The maximum Gasteiger partial charge on any atom is 0.405 e. The van der Waals surface area contributed by atoms with Crippen LogP contribution in [0.2, 0.25) is 5.28 Å². The molecule has 0 atom stereocenters. The first-order chi connectivity index (χ1) is 6.38. The zero-order valence-electron chi connectivity index (χ0n) is 7.09. The Hall–Kier alpha value is -1.11. The molecular weight excluding hydrogens is 221 g/mol. The Labute approximate surface area is 82.7 Å². The summed E-state index contributed by atoms with van der Waals surface area (Å²) in [7, 11) is 1.24. The molecule has 1 aromatic rings. The van der Waals surface area contributed by atoms with Gasteiger partial charge in [0.2, 0.25) is 5.28 Å². The van der Waals surface area contributed by atoms with Gasteiger partial charge in [-0.05, 0) is 11.6 Å². The summed E-state index contributed by atoms with van der Waals surface area (Å²) in [4.78, 5) is 4.46. The Balaban J connectivity index is 2.74. The Morgan fingerprint density at radius 3 is 2.64 bits per heavy atom. The van der Waals surface area contributed by atoms with Crippen LogP contribution >= 0.6 is 11.6 Å². The SMILES string of the molecule is CN(CC(F)(F)F)c1cnnc(Cl)n1. The highest BCUT2D eigenvalue weighted by molar-refractivity contribution is 6.28. The van der Waals surface area contributed by atoms with Gasteiger partial charge in [0, 0.05) is 7.05 Å². The van der Waals surface area contributed by atoms with E-state index in [2.05, 4.69) is 15.2 Å². The van der Waals surface area contributed by atoms with E-state index in [0.29, 0.717) is 0 Å². The fraction of sp³-hybridized carbons (Fsp3) is 0.500. The van der Waals surface area contributed by atoms with Crippen LogP contribution in [0, 0.1) is 0 Å². The van der Waals surface area contributed by atoms with Crippen molar-refractivity contribution in [2.75, 3.05) is 18.5 Å². The molecule has 78 valence electrons. The maximum absolute atomic E-state index is 12.0. The molecule has 0 amide bonds. The molecule has 1 heterocycles. The largest absolute Gasteiger partial charge is 0.405 e. The van der Waals surface area contributed by atoms with Crippen LogP contribution in [0.5, 0.6) is 0 Å². The molecule has 4 nitrogen and oxygen atoms in total. The Kier molecular flexibility index (Phi) is 3.10. The molecule has 0 saturated heterocycles. The first-order valence-corrected chi connectivity index (χ1v) is 3.89. The highest BCUT2D eigenvalue weighted by Gasteiger charge is 2.29. The lowest BCUT2D eigenvalue weighted by molar-refractivity contribution is -0.119. The lowest BCUT2D eigenvalue weighted by Crippen LogP contribution is -2.31. The zero-order chi connectivity index (χ0) is 10.8. The number of alkyl halides is 3. The van der Waals surface area contributed by atoms with Crippen LogP contribution in [-0.4, -0.2) is 35.0 Å². The Morgan fingerprint density at radius 2 is 2.14 bits per heavy atom. The van der Waals surface area contributed by atoms with Gasteiger partial charge in [0.25, 0.3) is 0 Å². The standard InChI is InChI=1S/C6H6ClF3N4/c1-14(3-6(8,9)10)4-2-11-13-5(7)12-4/h2H,3H2,1H3. The van der Waals surface area contributed by atoms with Crippen molar-refractivity contribution < 1.29 is 13.2 Å². The summed E-state index contributed by atoms with van der Waals surface area (Å²) in [6.45, 7) is -1.11. The summed E-state index contributed by atoms with van der Waals surface area (Å²) in [6, 6.07) is 0. The first-order valence-electron chi connectivity index (χ1n) is 3.51. The summed E-state index contributed by atoms with van der Waals surface area (Å²) in [5.41, 5.74) is 0. The van der Waals surface area contributed by atoms with E-state index >= 15 is 0 Å². The van der Waals surface area contributed by atoms with Crippen LogP contribution < -0.4 is 4.90 Å². The van der Waals surface area contributed by atoms with Crippen molar-refractivity contribution in [3.63, 3.8) is 0 Å². The normalized spacial score (nSPS) is 11.5. The van der Waals surface area contributed by atoms with Gasteiger partial charge in [0.1, 0.15) is 6.54 Å². The number of hydrogen-bond acceptors (Lipinski definition) is 4. The molecular formula is C6H6ClF3N4. The molecule has 0 unspecified atom stereocenters. The van der Waals surface area contributed by atoms with Crippen molar-refractivity contribution in [1.29, 1.82) is 0 Å². The van der Waals surface area contributed by atoms with E-state index in [1.54, 1.807) is 0 Å². The minimum absolute atomic E-state index is 0.0299. The number of halogens is 4. The van der Waals surface area contributed by atoms with E-state index < -0.39 is 12.7 Å².